The number of ether oxygens (including phenoxy) is 3. The maximum absolute atomic E-state index is 13.2. The van der Waals surface area contributed by atoms with Crippen molar-refractivity contribution in [1.29, 1.82) is 0 Å². The summed E-state index contributed by atoms with van der Waals surface area (Å²) < 4.78 is 16.2. The Morgan fingerprint density at radius 2 is 1.74 bits per heavy atom. The smallest absolute Gasteiger partial charge is 0.229 e. The molecule has 0 saturated carbocycles. The number of anilines is 2. The summed E-state index contributed by atoms with van der Waals surface area (Å²) in [6, 6.07) is 13.6. The minimum absolute atomic E-state index is 0.0554. The highest BCUT2D eigenvalue weighted by atomic mass is 32.2. The van der Waals surface area contributed by atoms with E-state index in [-0.39, 0.29) is 11.8 Å². The van der Waals surface area contributed by atoms with Gasteiger partial charge in [0.1, 0.15) is 5.03 Å². The van der Waals surface area contributed by atoms with E-state index in [4.69, 9.17) is 14.2 Å². The largest absolute Gasteiger partial charge is 0.493 e. The molecule has 1 saturated heterocycles. The highest BCUT2D eigenvalue weighted by Crippen LogP contribution is 2.40. The van der Waals surface area contributed by atoms with Gasteiger partial charge in [-0.15, -0.1) is 0 Å². The summed E-state index contributed by atoms with van der Waals surface area (Å²) in [6.45, 7) is 1.40. The van der Waals surface area contributed by atoms with Crippen LogP contribution in [-0.4, -0.2) is 50.3 Å². The van der Waals surface area contributed by atoms with Gasteiger partial charge in [-0.05, 0) is 25.0 Å². The first-order chi connectivity index (χ1) is 16.6. The van der Waals surface area contributed by atoms with Crippen LogP contribution in [0.2, 0.25) is 0 Å². The summed E-state index contributed by atoms with van der Waals surface area (Å²) in [5.74, 6) is 2.03. The van der Waals surface area contributed by atoms with Gasteiger partial charge in [0, 0.05) is 48.2 Å². The van der Waals surface area contributed by atoms with Gasteiger partial charge in [-0.2, -0.15) is 0 Å². The van der Waals surface area contributed by atoms with Gasteiger partial charge < -0.3 is 24.4 Å². The van der Waals surface area contributed by atoms with E-state index in [1.807, 2.05) is 30.3 Å². The van der Waals surface area contributed by atoms with Crippen LogP contribution in [0.5, 0.6) is 17.2 Å². The molecular weight excluding hydrogens is 452 g/mol. The van der Waals surface area contributed by atoms with Gasteiger partial charge in [0.15, 0.2) is 17.3 Å². The van der Waals surface area contributed by atoms with Crippen molar-refractivity contribution in [2.24, 2.45) is 5.92 Å². The normalized spacial score (nSPS) is 15.5. The number of aromatic nitrogens is 2. The predicted molar refractivity (Wildman–Crippen MR) is 132 cm³/mol. The summed E-state index contributed by atoms with van der Waals surface area (Å²) >= 11 is 1.58. The van der Waals surface area contributed by atoms with Crippen LogP contribution in [0.4, 0.5) is 11.5 Å². The van der Waals surface area contributed by atoms with Crippen LogP contribution in [0, 0.1) is 5.92 Å². The molecular formula is C25H28N4O4S. The van der Waals surface area contributed by atoms with Crippen molar-refractivity contribution in [3.63, 3.8) is 0 Å². The first-order valence-electron chi connectivity index (χ1n) is 11.0. The second kappa shape index (κ2) is 11.1. The molecule has 178 valence electrons. The average Bonchev–Trinajstić information content (AvgIpc) is 2.89. The van der Waals surface area contributed by atoms with E-state index in [1.165, 1.54) is 0 Å². The second-order valence-corrected chi connectivity index (χ2v) is 8.85. The van der Waals surface area contributed by atoms with Crippen molar-refractivity contribution in [2.45, 2.75) is 22.8 Å². The van der Waals surface area contributed by atoms with Gasteiger partial charge >= 0.3 is 0 Å². The van der Waals surface area contributed by atoms with Gasteiger partial charge in [-0.3, -0.25) is 4.79 Å². The van der Waals surface area contributed by atoms with Crippen molar-refractivity contribution in [1.82, 2.24) is 9.97 Å². The summed E-state index contributed by atoms with van der Waals surface area (Å²) in [7, 11) is 4.65. The molecule has 0 bridgehead atoms. The topological polar surface area (TPSA) is 85.8 Å². The van der Waals surface area contributed by atoms with E-state index >= 15 is 0 Å². The lowest BCUT2D eigenvalue weighted by Gasteiger charge is -2.33. The molecule has 1 amide bonds. The number of hydrogen-bond acceptors (Lipinski definition) is 8. The van der Waals surface area contributed by atoms with Crippen molar-refractivity contribution in [2.75, 3.05) is 44.6 Å². The molecule has 2 heterocycles. The average molecular weight is 481 g/mol. The molecule has 2 aromatic carbocycles. The number of rotatable bonds is 8. The molecule has 1 aliphatic rings. The summed E-state index contributed by atoms with van der Waals surface area (Å²) in [5.41, 5.74) is 0.594. The zero-order chi connectivity index (χ0) is 23.9. The third-order valence-corrected chi connectivity index (χ3v) is 6.62. The van der Waals surface area contributed by atoms with E-state index in [0.717, 1.165) is 35.1 Å². The number of benzene rings is 2. The van der Waals surface area contributed by atoms with Crippen LogP contribution in [0.25, 0.3) is 0 Å². The Balaban J connectivity index is 1.49. The fourth-order valence-corrected chi connectivity index (χ4v) is 4.89. The van der Waals surface area contributed by atoms with Crippen molar-refractivity contribution >= 4 is 29.2 Å². The fraction of sp³-hybridized carbons (Fsp3) is 0.320. The molecule has 3 aromatic rings. The van der Waals surface area contributed by atoms with Crippen molar-refractivity contribution in [3.8, 4) is 17.2 Å². The molecule has 34 heavy (non-hydrogen) atoms. The quantitative estimate of drug-likeness (QED) is 0.504. The van der Waals surface area contributed by atoms with Gasteiger partial charge in [-0.1, -0.05) is 30.0 Å². The standard InChI is InChI=1S/C25H28N4O4S/c1-31-20-14-18(15-21(32-2)22(20)33-3)28-24(30)17-8-7-13-29(16-17)23-25(27-12-11-26-23)34-19-9-5-4-6-10-19/h4-6,9-12,14-15,17H,7-8,13,16H2,1-3H3,(H,28,30)/t17-/m1/s1. The SMILES string of the molecule is COc1cc(NC(=O)[C@@H]2CCCN(c3nccnc3Sc3ccccc3)C2)cc(OC)c1OC. The van der Waals surface area contributed by atoms with E-state index in [2.05, 4.69) is 20.2 Å². The van der Waals surface area contributed by atoms with E-state index < -0.39 is 0 Å². The van der Waals surface area contributed by atoms with Crippen molar-refractivity contribution < 1.29 is 19.0 Å². The van der Waals surface area contributed by atoms with Crippen LogP contribution >= 0.6 is 11.8 Å². The van der Waals surface area contributed by atoms with Crippen LogP contribution in [0.15, 0.2) is 64.8 Å². The van der Waals surface area contributed by atoms with Gasteiger partial charge in [0.25, 0.3) is 0 Å². The van der Waals surface area contributed by atoms with Crippen molar-refractivity contribution in [3.05, 3.63) is 54.9 Å². The van der Waals surface area contributed by atoms with Gasteiger partial charge in [-0.25, -0.2) is 9.97 Å². The Morgan fingerprint density at radius 3 is 2.41 bits per heavy atom. The van der Waals surface area contributed by atoms with Crippen LogP contribution in [0.3, 0.4) is 0 Å². The van der Waals surface area contributed by atoms with Gasteiger partial charge in [0.05, 0.1) is 27.2 Å². The van der Waals surface area contributed by atoms with E-state index in [9.17, 15) is 4.79 Å². The molecule has 0 radical (unpaired) electrons. The zero-order valence-corrected chi connectivity index (χ0v) is 20.3. The summed E-state index contributed by atoms with van der Waals surface area (Å²) in [4.78, 5) is 25.6. The predicted octanol–water partition coefficient (Wildman–Crippen LogP) is 4.51. The van der Waals surface area contributed by atoms with Crippen LogP contribution in [-0.2, 0) is 4.79 Å². The third kappa shape index (κ3) is 5.36. The maximum Gasteiger partial charge on any atom is 0.229 e. The Kier molecular flexibility index (Phi) is 7.74. The Bertz CT molecular complexity index is 1100. The number of carbonyl (C=O) groups excluding carboxylic acids is 1. The minimum atomic E-state index is -0.190. The number of amides is 1. The third-order valence-electron chi connectivity index (χ3n) is 5.63. The minimum Gasteiger partial charge on any atom is -0.493 e. The fourth-order valence-electron chi connectivity index (χ4n) is 3.99. The number of carbonyl (C=O) groups is 1. The van der Waals surface area contributed by atoms with Crippen LogP contribution in [0.1, 0.15) is 12.8 Å². The lowest BCUT2D eigenvalue weighted by Crippen LogP contribution is -2.41. The lowest BCUT2D eigenvalue weighted by molar-refractivity contribution is -0.120. The van der Waals surface area contributed by atoms with E-state index in [1.54, 1.807) is 57.6 Å². The molecule has 0 aliphatic carbocycles. The Morgan fingerprint density at radius 1 is 1.03 bits per heavy atom. The molecule has 1 N–H and O–H groups in total. The molecule has 4 rings (SSSR count). The number of hydrogen-bond donors (Lipinski definition) is 1. The zero-order valence-electron chi connectivity index (χ0n) is 19.5. The molecule has 0 unspecified atom stereocenters. The summed E-state index contributed by atoms with van der Waals surface area (Å²) in [6.07, 6.45) is 5.09. The first-order valence-corrected chi connectivity index (χ1v) is 11.8. The Labute approximate surface area is 203 Å². The first kappa shape index (κ1) is 23.7. The molecule has 9 heteroatoms. The molecule has 1 aliphatic heterocycles. The number of piperidine rings is 1. The second-order valence-electron chi connectivity index (χ2n) is 7.79. The van der Waals surface area contributed by atoms with E-state index in [0.29, 0.717) is 29.5 Å². The molecule has 1 aromatic heterocycles. The van der Waals surface area contributed by atoms with Gasteiger partial charge in [0.2, 0.25) is 11.7 Å². The number of nitrogens with one attached hydrogen (secondary N) is 1. The lowest BCUT2D eigenvalue weighted by atomic mass is 9.97. The van der Waals surface area contributed by atoms with Crippen LogP contribution < -0.4 is 24.4 Å². The number of nitrogens with zero attached hydrogens (tertiary/aromatic N) is 3. The summed E-state index contributed by atoms with van der Waals surface area (Å²) in [5, 5.41) is 3.85. The molecule has 1 atom stereocenters. The molecule has 0 spiro atoms. The highest BCUT2D eigenvalue weighted by Gasteiger charge is 2.28. The Hall–Kier alpha value is -3.46. The maximum atomic E-state index is 13.2. The number of methoxy groups -OCH3 is 3. The highest BCUT2D eigenvalue weighted by molar-refractivity contribution is 7.99. The monoisotopic (exact) mass is 480 g/mol. The molecule has 1 fully saturated rings. The molecule has 8 nitrogen and oxygen atoms in total.